The average Bonchev–Trinajstić information content (AvgIpc) is 2.79. The van der Waals surface area contributed by atoms with E-state index in [1.165, 1.54) is 0 Å². The molecule has 1 aromatic rings. The number of likely N-dealkylation sites (tertiary alicyclic amines) is 1. The first-order valence-electron chi connectivity index (χ1n) is 11.7. The summed E-state index contributed by atoms with van der Waals surface area (Å²) < 4.78 is 26.1. The number of piperidine rings is 2. The van der Waals surface area contributed by atoms with Gasteiger partial charge in [-0.25, -0.2) is 4.39 Å². The quantitative estimate of drug-likeness (QED) is 0.320. The molecule has 3 rings (SSSR count). The Hall–Kier alpha value is -2.68. The van der Waals surface area contributed by atoms with E-state index in [4.69, 9.17) is 20.6 Å². The number of carbonyl (C=O) groups is 2. The van der Waals surface area contributed by atoms with E-state index in [2.05, 4.69) is 0 Å². The topological polar surface area (TPSA) is 109 Å². The van der Waals surface area contributed by atoms with E-state index in [0.717, 1.165) is 64.9 Å². The van der Waals surface area contributed by atoms with Crippen LogP contribution in [-0.4, -0.2) is 61.5 Å². The van der Waals surface area contributed by atoms with Crippen molar-refractivity contribution in [2.24, 2.45) is 11.7 Å². The maximum absolute atomic E-state index is 15.0. The molecule has 1 amide bonds. The smallest absolute Gasteiger partial charge is 0.313 e. The predicted octanol–water partition coefficient (Wildman–Crippen LogP) is 3.47. The molecule has 0 spiro atoms. The van der Waals surface area contributed by atoms with E-state index in [1.54, 1.807) is 25.1 Å². The van der Waals surface area contributed by atoms with Gasteiger partial charge >= 0.3 is 5.97 Å². The standard InChI is InChI=1S/C24H35FN4O4.CH4/c1-17(30)28-12-7-20(8-13-28)32-14-9-18-5-10-29(11-6-18)21-4-2-3-19(24(21)25)16-33-23(31)15-22(26)27;/h2-4,18,20H,5-16H2,1H3,(H3,26,27);1H4. The molecule has 0 bridgehead atoms. The molecule has 8 nitrogen and oxygen atoms in total. The van der Waals surface area contributed by atoms with Crippen molar-refractivity contribution in [3.63, 3.8) is 0 Å². The monoisotopic (exact) mass is 478 g/mol. The second kappa shape index (κ2) is 13.3. The Bertz CT molecular complexity index is 834. The van der Waals surface area contributed by atoms with Crippen LogP contribution in [-0.2, 0) is 25.7 Å². The van der Waals surface area contributed by atoms with Crippen LogP contribution >= 0.6 is 0 Å². The molecule has 190 valence electrons. The summed E-state index contributed by atoms with van der Waals surface area (Å²) in [6.07, 6.45) is 4.69. The number of nitrogens with two attached hydrogens (primary N) is 1. The van der Waals surface area contributed by atoms with Crippen LogP contribution in [0.5, 0.6) is 0 Å². The van der Waals surface area contributed by atoms with Gasteiger partial charge in [-0.3, -0.25) is 15.0 Å². The van der Waals surface area contributed by atoms with Crippen molar-refractivity contribution in [2.75, 3.05) is 37.7 Å². The summed E-state index contributed by atoms with van der Waals surface area (Å²) in [6.45, 7) is 5.26. The number of nitrogens with zero attached hydrogens (tertiary/aromatic N) is 2. The van der Waals surface area contributed by atoms with Crippen LogP contribution in [0.25, 0.3) is 0 Å². The number of ether oxygens (including phenoxy) is 2. The van der Waals surface area contributed by atoms with E-state index in [0.29, 0.717) is 17.2 Å². The summed E-state index contributed by atoms with van der Waals surface area (Å²) in [5.41, 5.74) is 6.03. The van der Waals surface area contributed by atoms with Crippen LogP contribution < -0.4 is 10.6 Å². The lowest BCUT2D eigenvalue weighted by Crippen LogP contribution is -2.40. The summed E-state index contributed by atoms with van der Waals surface area (Å²) in [4.78, 5) is 26.9. The van der Waals surface area contributed by atoms with E-state index in [1.807, 2.05) is 9.80 Å². The predicted molar refractivity (Wildman–Crippen MR) is 130 cm³/mol. The lowest BCUT2D eigenvalue weighted by Gasteiger charge is -2.35. The van der Waals surface area contributed by atoms with E-state index >= 15 is 4.39 Å². The minimum Gasteiger partial charge on any atom is -0.460 e. The average molecular weight is 479 g/mol. The van der Waals surface area contributed by atoms with Crippen molar-refractivity contribution < 1.29 is 23.5 Å². The number of esters is 1. The number of nitrogens with one attached hydrogen (secondary N) is 1. The molecule has 0 radical (unpaired) electrons. The Morgan fingerprint density at radius 1 is 1.15 bits per heavy atom. The fourth-order valence-corrected chi connectivity index (χ4v) is 4.49. The van der Waals surface area contributed by atoms with E-state index in [9.17, 15) is 9.59 Å². The molecule has 2 aliphatic rings. The molecular weight excluding hydrogens is 439 g/mol. The van der Waals surface area contributed by atoms with Gasteiger partial charge in [-0.1, -0.05) is 19.6 Å². The third-order valence-corrected chi connectivity index (χ3v) is 6.50. The van der Waals surface area contributed by atoms with Crippen molar-refractivity contribution in [1.29, 1.82) is 5.41 Å². The Morgan fingerprint density at radius 3 is 2.44 bits per heavy atom. The van der Waals surface area contributed by atoms with Gasteiger partial charge in [0.15, 0.2) is 5.82 Å². The summed E-state index contributed by atoms with van der Waals surface area (Å²) in [6, 6.07) is 5.13. The molecule has 0 aromatic heterocycles. The number of rotatable bonds is 9. The second-order valence-electron chi connectivity index (χ2n) is 8.91. The molecule has 9 heteroatoms. The zero-order valence-electron chi connectivity index (χ0n) is 19.4. The first-order chi connectivity index (χ1) is 15.8. The molecule has 3 N–H and O–H groups in total. The highest BCUT2D eigenvalue weighted by atomic mass is 19.1. The van der Waals surface area contributed by atoms with Crippen molar-refractivity contribution in [2.45, 2.75) is 65.6 Å². The fourth-order valence-electron chi connectivity index (χ4n) is 4.49. The lowest BCUT2D eigenvalue weighted by molar-refractivity contribution is -0.143. The second-order valence-corrected chi connectivity index (χ2v) is 8.91. The SMILES string of the molecule is C.CC(=O)N1CCC(OCCC2CCN(c3cccc(COC(=O)CC(=N)N)c3F)CC2)CC1. The number of anilines is 1. The minimum absolute atomic E-state index is 0. The van der Waals surface area contributed by atoms with Crippen LogP contribution in [0.4, 0.5) is 10.1 Å². The molecule has 2 fully saturated rings. The maximum atomic E-state index is 15.0. The van der Waals surface area contributed by atoms with Gasteiger partial charge in [-0.05, 0) is 44.1 Å². The summed E-state index contributed by atoms with van der Waals surface area (Å²) in [5.74, 6) is -0.596. The Kier molecular flexibility index (Phi) is 10.8. The minimum atomic E-state index is -0.639. The van der Waals surface area contributed by atoms with Gasteiger partial charge in [0.2, 0.25) is 5.91 Å². The Labute approximate surface area is 202 Å². The van der Waals surface area contributed by atoms with Crippen LogP contribution in [0, 0.1) is 17.1 Å². The highest BCUT2D eigenvalue weighted by Crippen LogP contribution is 2.29. The van der Waals surface area contributed by atoms with Gasteiger partial charge in [-0.15, -0.1) is 0 Å². The Morgan fingerprint density at radius 2 is 1.82 bits per heavy atom. The summed E-state index contributed by atoms with van der Waals surface area (Å²) >= 11 is 0. The van der Waals surface area contributed by atoms with Gasteiger partial charge in [0.05, 0.1) is 11.8 Å². The van der Waals surface area contributed by atoms with Crippen LogP contribution in [0.3, 0.4) is 0 Å². The van der Waals surface area contributed by atoms with Crippen molar-refractivity contribution in [1.82, 2.24) is 4.90 Å². The maximum Gasteiger partial charge on any atom is 0.313 e. The van der Waals surface area contributed by atoms with Crippen LogP contribution in [0.2, 0.25) is 0 Å². The number of carbonyl (C=O) groups excluding carboxylic acids is 2. The highest BCUT2D eigenvalue weighted by Gasteiger charge is 2.24. The van der Waals surface area contributed by atoms with Gasteiger partial charge in [0, 0.05) is 45.3 Å². The molecule has 1 aromatic carbocycles. The van der Waals surface area contributed by atoms with Gasteiger partial charge in [0.1, 0.15) is 18.9 Å². The number of benzene rings is 1. The molecule has 0 aliphatic carbocycles. The molecule has 2 heterocycles. The summed E-state index contributed by atoms with van der Waals surface area (Å²) in [5, 5.41) is 7.13. The van der Waals surface area contributed by atoms with Crippen molar-refractivity contribution >= 4 is 23.4 Å². The van der Waals surface area contributed by atoms with Gasteiger partial charge < -0.3 is 25.0 Å². The third kappa shape index (κ3) is 7.97. The molecule has 0 saturated carbocycles. The van der Waals surface area contributed by atoms with Crippen molar-refractivity contribution in [3.8, 4) is 0 Å². The number of amidine groups is 1. The van der Waals surface area contributed by atoms with E-state index in [-0.39, 0.29) is 44.1 Å². The van der Waals surface area contributed by atoms with Crippen LogP contribution in [0.1, 0.15) is 58.4 Å². The molecule has 34 heavy (non-hydrogen) atoms. The van der Waals surface area contributed by atoms with Crippen LogP contribution in [0.15, 0.2) is 18.2 Å². The number of hydrogen-bond donors (Lipinski definition) is 2. The number of amides is 1. The normalized spacial score (nSPS) is 17.2. The first-order valence-corrected chi connectivity index (χ1v) is 11.7. The molecule has 0 atom stereocenters. The third-order valence-electron chi connectivity index (χ3n) is 6.50. The van der Waals surface area contributed by atoms with Gasteiger partial charge in [-0.2, -0.15) is 0 Å². The first kappa shape index (κ1) is 27.6. The zero-order chi connectivity index (χ0) is 23.8. The molecule has 2 saturated heterocycles. The number of halogens is 1. The summed E-state index contributed by atoms with van der Waals surface area (Å²) in [7, 11) is 0. The highest BCUT2D eigenvalue weighted by molar-refractivity contribution is 5.94. The molecule has 0 unspecified atom stereocenters. The molecule has 2 aliphatic heterocycles. The number of hydrogen-bond acceptors (Lipinski definition) is 6. The van der Waals surface area contributed by atoms with Crippen molar-refractivity contribution in [3.05, 3.63) is 29.6 Å². The molecular formula is C25H39FN4O4. The fraction of sp³-hybridized carbons (Fsp3) is 0.640. The van der Waals surface area contributed by atoms with E-state index < -0.39 is 5.97 Å². The Balaban J connectivity index is 0.00000408. The lowest BCUT2D eigenvalue weighted by atomic mass is 9.93. The largest absolute Gasteiger partial charge is 0.460 e. The van der Waals surface area contributed by atoms with Gasteiger partial charge in [0.25, 0.3) is 0 Å². The zero-order valence-corrected chi connectivity index (χ0v) is 19.4.